The molecule has 1 aliphatic rings. The summed E-state index contributed by atoms with van der Waals surface area (Å²) in [5.41, 5.74) is 2.01. The van der Waals surface area contributed by atoms with Gasteiger partial charge in [0.15, 0.2) is 8.32 Å². The van der Waals surface area contributed by atoms with Crippen LogP contribution in [0.1, 0.15) is 46.1 Å². The van der Waals surface area contributed by atoms with Gasteiger partial charge in [-0.1, -0.05) is 45.0 Å². The largest absolute Gasteiger partial charge is 0.497 e. The van der Waals surface area contributed by atoms with E-state index in [1.807, 2.05) is 31.2 Å². The molecule has 1 aromatic rings. The molecule has 0 bridgehead atoms. The molecule has 0 radical (unpaired) electrons. The molecule has 5 nitrogen and oxygen atoms in total. The number of hydrogen-bond acceptors (Lipinski definition) is 5. The predicted molar refractivity (Wildman–Crippen MR) is 112 cm³/mol. The van der Waals surface area contributed by atoms with Crippen molar-refractivity contribution in [3.63, 3.8) is 0 Å². The zero-order chi connectivity index (χ0) is 20.3. The van der Waals surface area contributed by atoms with Crippen LogP contribution in [0, 0.1) is 5.92 Å². The molecule has 27 heavy (non-hydrogen) atoms. The fourth-order valence-corrected chi connectivity index (χ4v) is 3.86. The molecule has 0 saturated heterocycles. The number of oxime groups is 1. The number of rotatable bonds is 8. The highest BCUT2D eigenvalue weighted by Gasteiger charge is 2.42. The standard InChI is InChI=1S/C21H35NO4Si/c1-16(14-17-8-10-19(24-5)11-9-17)21(23)15-18(22-26-21)12-13-25-27(6,7)20(2,3)4/h8-11,16,23H,12-15H2,1-7H3/t16-,21?/m0/s1. The molecule has 6 heteroatoms. The van der Waals surface area contributed by atoms with Gasteiger partial charge in [-0.05, 0) is 42.2 Å². The molecule has 2 rings (SSSR count). The molecule has 2 atom stereocenters. The lowest BCUT2D eigenvalue weighted by Crippen LogP contribution is -2.41. The van der Waals surface area contributed by atoms with E-state index in [9.17, 15) is 5.11 Å². The van der Waals surface area contributed by atoms with Crippen LogP contribution in [0.25, 0.3) is 0 Å². The van der Waals surface area contributed by atoms with Crippen LogP contribution in [0.5, 0.6) is 5.75 Å². The van der Waals surface area contributed by atoms with Gasteiger partial charge in [0.05, 0.1) is 19.2 Å². The maximum absolute atomic E-state index is 10.9. The SMILES string of the molecule is COc1ccc(C[C@H](C)C2(O)CC(CCO[Si](C)(C)C(C)(C)C)=NO2)cc1. The lowest BCUT2D eigenvalue weighted by atomic mass is 9.89. The Kier molecular flexibility index (Phi) is 6.76. The van der Waals surface area contributed by atoms with Gasteiger partial charge in [0.1, 0.15) is 5.75 Å². The summed E-state index contributed by atoms with van der Waals surface area (Å²) in [4.78, 5) is 5.46. The smallest absolute Gasteiger partial charge is 0.242 e. The third-order valence-corrected chi connectivity index (χ3v) is 10.5. The first kappa shape index (κ1) is 21.9. The highest BCUT2D eigenvalue weighted by atomic mass is 28.4. The van der Waals surface area contributed by atoms with Crippen LogP contribution >= 0.6 is 0 Å². The quantitative estimate of drug-likeness (QED) is 0.648. The highest BCUT2D eigenvalue weighted by molar-refractivity contribution is 6.74. The summed E-state index contributed by atoms with van der Waals surface area (Å²) < 4.78 is 11.4. The first-order chi connectivity index (χ1) is 12.5. The summed E-state index contributed by atoms with van der Waals surface area (Å²) in [5.74, 6) is -0.491. The van der Waals surface area contributed by atoms with E-state index in [2.05, 4.69) is 39.0 Å². The van der Waals surface area contributed by atoms with Crippen molar-refractivity contribution in [2.45, 2.75) is 70.9 Å². The molecule has 1 aliphatic heterocycles. The van der Waals surface area contributed by atoms with Crippen LogP contribution in [0.4, 0.5) is 0 Å². The maximum Gasteiger partial charge on any atom is 0.242 e. The van der Waals surface area contributed by atoms with Crippen molar-refractivity contribution >= 4 is 14.0 Å². The van der Waals surface area contributed by atoms with E-state index in [0.29, 0.717) is 25.9 Å². The van der Waals surface area contributed by atoms with Gasteiger partial charge in [0.2, 0.25) is 5.79 Å². The first-order valence-electron chi connectivity index (χ1n) is 9.70. The van der Waals surface area contributed by atoms with Crippen LogP contribution in [0.2, 0.25) is 18.1 Å². The minimum absolute atomic E-state index is 0.0755. The molecule has 0 saturated carbocycles. The van der Waals surface area contributed by atoms with Crippen molar-refractivity contribution in [3.05, 3.63) is 29.8 Å². The Balaban J connectivity index is 1.85. The Morgan fingerprint density at radius 2 is 1.89 bits per heavy atom. The van der Waals surface area contributed by atoms with Crippen LogP contribution in [0.3, 0.4) is 0 Å². The van der Waals surface area contributed by atoms with E-state index in [4.69, 9.17) is 14.0 Å². The Hall–Kier alpha value is -1.37. The van der Waals surface area contributed by atoms with Crippen molar-refractivity contribution in [2.75, 3.05) is 13.7 Å². The third-order valence-electron chi connectivity index (χ3n) is 5.92. The maximum atomic E-state index is 10.9. The topological polar surface area (TPSA) is 60.3 Å². The Labute approximate surface area is 164 Å². The molecule has 1 unspecified atom stereocenters. The van der Waals surface area contributed by atoms with E-state index in [1.54, 1.807) is 7.11 Å². The van der Waals surface area contributed by atoms with Crippen LogP contribution < -0.4 is 4.74 Å². The summed E-state index contributed by atoms with van der Waals surface area (Å²) in [6.45, 7) is 13.8. The molecule has 0 aliphatic carbocycles. The molecule has 152 valence electrons. The highest BCUT2D eigenvalue weighted by Crippen LogP contribution is 2.37. The number of nitrogens with zero attached hydrogens (tertiary/aromatic N) is 1. The zero-order valence-corrected chi connectivity index (χ0v) is 18.8. The molecular weight excluding hydrogens is 358 g/mol. The molecule has 1 heterocycles. The van der Waals surface area contributed by atoms with Gasteiger partial charge < -0.3 is 19.1 Å². The minimum atomic E-state index is -1.76. The van der Waals surface area contributed by atoms with Gasteiger partial charge >= 0.3 is 0 Å². The summed E-state index contributed by atoms with van der Waals surface area (Å²) >= 11 is 0. The van der Waals surface area contributed by atoms with Gasteiger partial charge in [-0.15, -0.1) is 0 Å². The molecule has 1 aromatic carbocycles. The number of hydrogen-bond donors (Lipinski definition) is 1. The Bertz CT molecular complexity index is 651. The fraction of sp³-hybridized carbons (Fsp3) is 0.667. The van der Waals surface area contributed by atoms with E-state index >= 15 is 0 Å². The average Bonchev–Trinajstić information content (AvgIpc) is 2.97. The average molecular weight is 394 g/mol. The van der Waals surface area contributed by atoms with Crippen molar-refractivity contribution in [1.82, 2.24) is 0 Å². The minimum Gasteiger partial charge on any atom is -0.497 e. The van der Waals surface area contributed by atoms with Crippen LogP contribution in [-0.4, -0.2) is 38.6 Å². The molecule has 0 aromatic heterocycles. The van der Waals surface area contributed by atoms with Gasteiger partial charge in [-0.2, -0.15) is 0 Å². The summed E-state index contributed by atoms with van der Waals surface area (Å²) in [5, 5.41) is 15.2. The van der Waals surface area contributed by atoms with Gasteiger partial charge in [-0.3, -0.25) is 0 Å². The summed E-state index contributed by atoms with van der Waals surface area (Å²) in [6, 6.07) is 7.90. The number of benzene rings is 1. The number of methoxy groups -OCH3 is 1. The lowest BCUT2D eigenvalue weighted by molar-refractivity contribution is -0.216. The second kappa shape index (κ2) is 8.33. The zero-order valence-electron chi connectivity index (χ0n) is 17.8. The first-order valence-corrected chi connectivity index (χ1v) is 12.6. The van der Waals surface area contributed by atoms with Gasteiger partial charge in [-0.25, -0.2) is 0 Å². The summed E-state index contributed by atoms with van der Waals surface area (Å²) in [7, 11) is -0.109. The van der Waals surface area contributed by atoms with Crippen molar-refractivity contribution < 1.29 is 19.1 Å². The predicted octanol–water partition coefficient (Wildman–Crippen LogP) is 4.75. The van der Waals surface area contributed by atoms with Gasteiger partial charge in [0, 0.05) is 18.9 Å². The van der Waals surface area contributed by atoms with Crippen molar-refractivity contribution in [2.24, 2.45) is 11.1 Å². The van der Waals surface area contributed by atoms with Gasteiger partial charge in [0.25, 0.3) is 0 Å². The normalized spacial score (nSPS) is 21.6. The van der Waals surface area contributed by atoms with E-state index in [0.717, 1.165) is 17.0 Å². The molecule has 0 amide bonds. The Morgan fingerprint density at radius 1 is 1.26 bits per heavy atom. The second-order valence-electron chi connectivity index (χ2n) is 9.08. The van der Waals surface area contributed by atoms with E-state index in [1.165, 1.54) is 0 Å². The van der Waals surface area contributed by atoms with Crippen molar-refractivity contribution in [1.29, 1.82) is 0 Å². The third kappa shape index (κ3) is 5.56. The molecular formula is C21H35NO4Si. The Morgan fingerprint density at radius 3 is 2.44 bits per heavy atom. The van der Waals surface area contributed by atoms with Crippen LogP contribution in [0.15, 0.2) is 29.4 Å². The lowest BCUT2D eigenvalue weighted by Gasteiger charge is -2.36. The fourth-order valence-electron chi connectivity index (χ4n) is 2.81. The summed E-state index contributed by atoms with van der Waals surface area (Å²) in [6.07, 6.45) is 1.85. The molecule has 0 fully saturated rings. The van der Waals surface area contributed by atoms with E-state index < -0.39 is 14.1 Å². The van der Waals surface area contributed by atoms with Crippen LogP contribution in [-0.2, 0) is 15.7 Å². The molecule has 1 N–H and O–H groups in total. The number of ether oxygens (including phenoxy) is 1. The monoisotopic (exact) mass is 393 g/mol. The number of aliphatic hydroxyl groups is 1. The second-order valence-corrected chi connectivity index (χ2v) is 13.9. The van der Waals surface area contributed by atoms with Crippen molar-refractivity contribution in [3.8, 4) is 5.75 Å². The van der Waals surface area contributed by atoms with E-state index in [-0.39, 0.29) is 11.0 Å². The molecule has 0 spiro atoms.